The van der Waals surface area contributed by atoms with Gasteiger partial charge < -0.3 is 4.74 Å². The number of nitriles is 2. The van der Waals surface area contributed by atoms with Gasteiger partial charge in [0.05, 0.1) is 17.2 Å². The zero-order chi connectivity index (χ0) is 20.1. The van der Waals surface area contributed by atoms with Crippen molar-refractivity contribution < 1.29 is 4.74 Å². The van der Waals surface area contributed by atoms with Crippen LogP contribution in [-0.4, -0.2) is 6.21 Å². The number of hydrogen-bond acceptors (Lipinski definition) is 5. The van der Waals surface area contributed by atoms with Gasteiger partial charge in [-0.2, -0.15) is 10.5 Å². The third kappa shape index (κ3) is 4.21. The van der Waals surface area contributed by atoms with Gasteiger partial charge in [0, 0.05) is 16.7 Å². The minimum Gasteiger partial charge on any atom is -0.489 e. The van der Waals surface area contributed by atoms with E-state index in [4.69, 9.17) is 10.00 Å². The highest BCUT2D eigenvalue weighted by Gasteiger charge is 2.20. The summed E-state index contributed by atoms with van der Waals surface area (Å²) in [4.78, 5) is 5.91. The molecule has 1 aromatic heterocycles. The molecule has 0 saturated carbocycles. The van der Waals surface area contributed by atoms with E-state index in [1.54, 1.807) is 23.6 Å². The molecule has 1 aliphatic rings. The van der Waals surface area contributed by atoms with Gasteiger partial charge in [-0.1, -0.05) is 18.2 Å². The number of aryl methyl sites for hydroxylation is 1. The van der Waals surface area contributed by atoms with Crippen LogP contribution in [0, 0.1) is 22.7 Å². The van der Waals surface area contributed by atoms with E-state index >= 15 is 0 Å². The van der Waals surface area contributed by atoms with Crippen LogP contribution in [0.5, 0.6) is 5.75 Å². The van der Waals surface area contributed by atoms with Gasteiger partial charge in [-0.3, -0.25) is 0 Å². The van der Waals surface area contributed by atoms with E-state index in [1.165, 1.54) is 16.9 Å². The quantitative estimate of drug-likeness (QED) is 0.519. The highest BCUT2D eigenvalue weighted by atomic mass is 32.1. The first kappa shape index (κ1) is 18.9. The molecule has 29 heavy (non-hydrogen) atoms. The Kier molecular flexibility index (Phi) is 5.70. The molecule has 0 saturated heterocycles. The lowest BCUT2D eigenvalue weighted by atomic mass is 9.96. The third-order valence-electron chi connectivity index (χ3n) is 5.01. The molecule has 0 atom stereocenters. The third-order valence-corrected chi connectivity index (χ3v) is 6.21. The number of hydrogen-bond donors (Lipinski definition) is 0. The van der Waals surface area contributed by atoms with Crippen molar-refractivity contribution in [1.82, 2.24) is 0 Å². The summed E-state index contributed by atoms with van der Waals surface area (Å²) in [6.45, 7) is 0.351. The van der Waals surface area contributed by atoms with Crippen LogP contribution >= 0.6 is 11.3 Å². The monoisotopic (exact) mass is 397 g/mol. The average Bonchev–Trinajstić information content (AvgIpc) is 3.14. The van der Waals surface area contributed by atoms with E-state index in [9.17, 15) is 5.26 Å². The van der Waals surface area contributed by atoms with Gasteiger partial charge in [-0.25, -0.2) is 4.99 Å². The van der Waals surface area contributed by atoms with E-state index < -0.39 is 0 Å². The number of thiophene rings is 1. The highest BCUT2D eigenvalue weighted by molar-refractivity contribution is 7.16. The maximum absolute atomic E-state index is 9.53. The molecule has 0 unspecified atom stereocenters. The van der Waals surface area contributed by atoms with Gasteiger partial charge in [0.2, 0.25) is 0 Å². The van der Waals surface area contributed by atoms with Crippen molar-refractivity contribution in [3.63, 3.8) is 0 Å². The minimum atomic E-state index is 0.351. The van der Waals surface area contributed by atoms with Crippen LogP contribution in [0.15, 0.2) is 53.5 Å². The van der Waals surface area contributed by atoms with Crippen LogP contribution in [0.3, 0.4) is 0 Å². The molecule has 4 rings (SSSR count). The molecule has 3 aromatic rings. The summed E-state index contributed by atoms with van der Waals surface area (Å²) in [5.41, 5.74) is 4.40. The van der Waals surface area contributed by atoms with Crippen molar-refractivity contribution >= 4 is 22.6 Å². The van der Waals surface area contributed by atoms with Crippen molar-refractivity contribution in [1.29, 1.82) is 10.5 Å². The second-order valence-corrected chi connectivity index (χ2v) is 7.97. The normalized spacial score (nSPS) is 12.9. The van der Waals surface area contributed by atoms with Gasteiger partial charge in [0.25, 0.3) is 0 Å². The summed E-state index contributed by atoms with van der Waals surface area (Å²) in [5, 5.41) is 19.5. The van der Waals surface area contributed by atoms with Gasteiger partial charge in [-0.05, 0) is 67.1 Å². The van der Waals surface area contributed by atoms with Crippen molar-refractivity contribution in [3.05, 3.63) is 81.2 Å². The molecular weight excluding hydrogens is 378 g/mol. The molecule has 5 heteroatoms. The Morgan fingerprint density at radius 3 is 2.59 bits per heavy atom. The first-order chi connectivity index (χ1) is 14.3. The van der Waals surface area contributed by atoms with Crippen molar-refractivity contribution in [2.45, 2.75) is 32.3 Å². The van der Waals surface area contributed by atoms with E-state index in [2.05, 4.69) is 17.1 Å². The van der Waals surface area contributed by atoms with Gasteiger partial charge in [-0.15, -0.1) is 11.3 Å². The smallest absolute Gasteiger partial charge is 0.134 e. The lowest BCUT2D eigenvalue weighted by Crippen LogP contribution is -1.99. The molecule has 4 nitrogen and oxygen atoms in total. The Morgan fingerprint density at radius 1 is 1.00 bits per heavy atom. The van der Waals surface area contributed by atoms with Crippen LogP contribution in [0.4, 0.5) is 5.00 Å². The minimum absolute atomic E-state index is 0.351. The predicted octanol–water partition coefficient (Wildman–Crippen LogP) is 5.70. The topological polar surface area (TPSA) is 69.2 Å². The second kappa shape index (κ2) is 8.73. The van der Waals surface area contributed by atoms with Crippen LogP contribution in [0.1, 0.15) is 45.5 Å². The summed E-state index contributed by atoms with van der Waals surface area (Å²) in [5.74, 6) is 0.735. The fraction of sp³-hybridized carbons (Fsp3) is 0.208. The molecule has 1 aliphatic carbocycles. The zero-order valence-electron chi connectivity index (χ0n) is 15.9. The summed E-state index contributed by atoms with van der Waals surface area (Å²) in [6, 6.07) is 19.6. The fourth-order valence-electron chi connectivity index (χ4n) is 3.46. The molecule has 0 spiro atoms. The van der Waals surface area contributed by atoms with Gasteiger partial charge in [0.1, 0.15) is 23.4 Å². The molecular formula is C24H19N3OS. The summed E-state index contributed by atoms with van der Waals surface area (Å²) in [7, 11) is 0. The first-order valence-electron chi connectivity index (χ1n) is 9.58. The Balaban J connectivity index is 1.44. The molecule has 0 aliphatic heterocycles. The predicted molar refractivity (Wildman–Crippen MR) is 115 cm³/mol. The molecule has 0 radical (unpaired) electrons. The molecule has 0 bridgehead atoms. The number of ether oxygens (including phenoxy) is 1. The molecule has 0 N–H and O–H groups in total. The molecule has 142 valence electrons. The Bertz CT molecular complexity index is 1130. The lowest BCUT2D eigenvalue weighted by molar-refractivity contribution is 0.306. The first-order valence-corrected chi connectivity index (χ1v) is 10.4. The van der Waals surface area contributed by atoms with Gasteiger partial charge >= 0.3 is 0 Å². The lowest BCUT2D eigenvalue weighted by Gasteiger charge is -2.09. The van der Waals surface area contributed by atoms with Crippen LogP contribution < -0.4 is 4.74 Å². The van der Waals surface area contributed by atoms with Gasteiger partial charge in [0.15, 0.2) is 0 Å². The van der Waals surface area contributed by atoms with Crippen LogP contribution in [-0.2, 0) is 19.4 Å². The highest BCUT2D eigenvalue weighted by Crippen LogP contribution is 2.39. The number of benzene rings is 2. The molecule has 2 aromatic carbocycles. The fourth-order valence-corrected chi connectivity index (χ4v) is 4.64. The number of aliphatic imine (C=N–C) groups is 1. The number of fused-ring (bicyclic) bond motifs is 1. The Morgan fingerprint density at radius 2 is 1.79 bits per heavy atom. The molecule has 0 fully saturated rings. The summed E-state index contributed by atoms with van der Waals surface area (Å²) >= 11 is 1.65. The van der Waals surface area contributed by atoms with Crippen molar-refractivity contribution in [2.24, 2.45) is 4.99 Å². The van der Waals surface area contributed by atoms with E-state index in [0.29, 0.717) is 12.2 Å². The summed E-state index contributed by atoms with van der Waals surface area (Å²) in [6.07, 6.45) is 6.20. The second-order valence-electron chi connectivity index (χ2n) is 6.89. The largest absolute Gasteiger partial charge is 0.489 e. The maximum Gasteiger partial charge on any atom is 0.134 e. The zero-order valence-corrected chi connectivity index (χ0v) is 16.7. The Hall–Kier alpha value is -3.41. The van der Waals surface area contributed by atoms with E-state index in [0.717, 1.165) is 46.7 Å². The standard InChI is InChI=1S/C24H19N3OS/c25-13-18-5-1-2-6-19(18)16-28-20-11-9-17(10-12-20)15-27-24-22(14-26)21-7-3-4-8-23(21)29-24/h1-2,5-6,9-12,15H,3-4,7-8,16H2. The average molecular weight is 398 g/mol. The molecule has 1 heterocycles. The Labute approximate surface area is 174 Å². The van der Waals surface area contributed by atoms with Crippen LogP contribution in [0.2, 0.25) is 0 Å². The van der Waals surface area contributed by atoms with Crippen molar-refractivity contribution in [2.75, 3.05) is 0 Å². The van der Waals surface area contributed by atoms with E-state index in [-0.39, 0.29) is 0 Å². The van der Waals surface area contributed by atoms with Crippen LogP contribution in [0.25, 0.3) is 0 Å². The number of rotatable bonds is 5. The van der Waals surface area contributed by atoms with Crippen molar-refractivity contribution in [3.8, 4) is 17.9 Å². The molecule has 0 amide bonds. The number of nitrogens with zero attached hydrogens (tertiary/aromatic N) is 3. The summed E-state index contributed by atoms with van der Waals surface area (Å²) < 4.78 is 5.81. The maximum atomic E-state index is 9.53. The van der Waals surface area contributed by atoms with E-state index in [1.807, 2.05) is 42.5 Å². The SMILES string of the molecule is N#Cc1ccccc1COc1ccc(C=Nc2sc3c(c2C#N)CCCC3)cc1.